The van der Waals surface area contributed by atoms with Crippen LogP contribution in [-0.2, 0) is 6.42 Å². The maximum atomic E-state index is 12.4. The highest BCUT2D eigenvalue weighted by atomic mass is 19.4. The van der Waals surface area contributed by atoms with E-state index in [4.69, 9.17) is 5.26 Å². The van der Waals surface area contributed by atoms with Crippen molar-refractivity contribution in [2.45, 2.75) is 25.1 Å². The minimum atomic E-state index is -4.95. The van der Waals surface area contributed by atoms with E-state index >= 15 is 0 Å². The number of benzene rings is 1. The van der Waals surface area contributed by atoms with Crippen molar-refractivity contribution in [3.8, 4) is 6.07 Å². The first-order valence-electron chi connectivity index (χ1n) is 4.54. The monoisotopic (exact) mass is 229 g/mol. The van der Waals surface area contributed by atoms with E-state index in [2.05, 4.69) is 0 Å². The highest BCUT2D eigenvalue weighted by molar-refractivity contribution is 5.25. The third-order valence-corrected chi connectivity index (χ3v) is 2.23. The molecular formula is C11H10F3NO. The number of hydrogen-bond donors (Lipinski definition) is 1. The van der Waals surface area contributed by atoms with Crippen LogP contribution in [0.15, 0.2) is 24.3 Å². The first kappa shape index (κ1) is 12.5. The van der Waals surface area contributed by atoms with Gasteiger partial charge in [-0.3, -0.25) is 0 Å². The average Bonchev–Trinajstić information content (AvgIpc) is 2.19. The van der Waals surface area contributed by atoms with Crippen LogP contribution >= 0.6 is 0 Å². The van der Waals surface area contributed by atoms with Gasteiger partial charge in [-0.15, -0.1) is 0 Å². The Morgan fingerprint density at radius 3 is 2.12 bits per heavy atom. The Bertz CT molecular complexity index is 405. The van der Waals surface area contributed by atoms with Gasteiger partial charge >= 0.3 is 6.18 Å². The summed E-state index contributed by atoms with van der Waals surface area (Å²) in [6, 6.07) is 7.09. The Morgan fingerprint density at radius 2 is 1.75 bits per heavy atom. The van der Waals surface area contributed by atoms with Crippen LogP contribution in [0.5, 0.6) is 0 Å². The van der Waals surface area contributed by atoms with E-state index in [1.165, 1.54) is 12.1 Å². The standard InChI is InChI=1S/C11H10F3NO/c1-8-2-4-9(5-3-8)6-10(16,7-15)11(12,13)14/h2-5,16H,6H2,1H3. The largest absolute Gasteiger partial charge is 0.431 e. The molecule has 2 nitrogen and oxygen atoms in total. The smallest absolute Gasteiger partial charge is 0.368 e. The van der Waals surface area contributed by atoms with Gasteiger partial charge in [0.1, 0.15) is 6.07 Å². The summed E-state index contributed by atoms with van der Waals surface area (Å²) in [7, 11) is 0. The second-order valence-electron chi connectivity index (χ2n) is 3.63. The molecule has 0 saturated heterocycles. The second kappa shape index (κ2) is 4.14. The van der Waals surface area contributed by atoms with E-state index in [1.54, 1.807) is 19.1 Å². The molecule has 0 saturated carbocycles. The van der Waals surface area contributed by atoms with E-state index in [0.717, 1.165) is 11.6 Å². The molecule has 0 heterocycles. The number of hydrogen-bond acceptors (Lipinski definition) is 2. The zero-order chi connectivity index (χ0) is 12.4. The van der Waals surface area contributed by atoms with E-state index < -0.39 is 18.2 Å². The van der Waals surface area contributed by atoms with Crippen LogP contribution in [0.4, 0.5) is 13.2 Å². The lowest BCUT2D eigenvalue weighted by Crippen LogP contribution is -2.45. The summed E-state index contributed by atoms with van der Waals surface area (Å²) in [5.41, 5.74) is -2.15. The lowest BCUT2D eigenvalue weighted by atomic mass is 9.95. The van der Waals surface area contributed by atoms with Crippen LogP contribution in [0.2, 0.25) is 0 Å². The number of aryl methyl sites for hydroxylation is 1. The molecule has 1 aromatic rings. The first-order chi connectivity index (χ1) is 7.28. The number of aliphatic hydroxyl groups is 1. The summed E-state index contributed by atoms with van der Waals surface area (Å²) in [5.74, 6) is 0. The van der Waals surface area contributed by atoms with Crippen LogP contribution in [0.1, 0.15) is 11.1 Å². The van der Waals surface area contributed by atoms with Gasteiger partial charge < -0.3 is 5.11 Å². The third-order valence-electron chi connectivity index (χ3n) is 2.23. The summed E-state index contributed by atoms with van der Waals surface area (Å²) in [5, 5.41) is 17.6. The molecule has 0 fully saturated rings. The van der Waals surface area contributed by atoms with Crippen molar-refractivity contribution in [2.24, 2.45) is 0 Å². The third kappa shape index (κ3) is 2.52. The maximum Gasteiger partial charge on any atom is 0.431 e. The van der Waals surface area contributed by atoms with Gasteiger partial charge in [-0.05, 0) is 12.5 Å². The fraction of sp³-hybridized carbons (Fsp3) is 0.364. The summed E-state index contributed by atoms with van der Waals surface area (Å²) >= 11 is 0. The molecule has 1 unspecified atom stereocenters. The number of nitriles is 1. The molecule has 0 amide bonds. The molecule has 0 spiro atoms. The summed E-state index contributed by atoms with van der Waals surface area (Å²) < 4.78 is 37.2. The number of nitrogens with zero attached hydrogens (tertiary/aromatic N) is 1. The Labute approximate surface area is 90.9 Å². The zero-order valence-electron chi connectivity index (χ0n) is 8.54. The summed E-state index contributed by atoms with van der Waals surface area (Å²) in [4.78, 5) is 0. The van der Waals surface area contributed by atoms with Crippen molar-refractivity contribution in [2.75, 3.05) is 0 Å². The fourth-order valence-corrected chi connectivity index (χ4v) is 1.20. The minimum absolute atomic E-state index is 0.270. The average molecular weight is 229 g/mol. The molecular weight excluding hydrogens is 219 g/mol. The highest BCUT2D eigenvalue weighted by Crippen LogP contribution is 2.32. The van der Waals surface area contributed by atoms with Gasteiger partial charge in [-0.1, -0.05) is 29.8 Å². The van der Waals surface area contributed by atoms with Crippen molar-refractivity contribution >= 4 is 0 Å². The minimum Gasteiger partial charge on any atom is -0.368 e. The molecule has 1 N–H and O–H groups in total. The maximum absolute atomic E-state index is 12.4. The lowest BCUT2D eigenvalue weighted by Gasteiger charge is -2.23. The molecule has 1 atom stereocenters. The Balaban J connectivity index is 2.95. The van der Waals surface area contributed by atoms with Gasteiger partial charge in [0.2, 0.25) is 0 Å². The first-order valence-corrected chi connectivity index (χ1v) is 4.54. The predicted octanol–water partition coefficient (Wildman–Crippen LogP) is 2.35. The molecule has 0 radical (unpaired) electrons. The van der Waals surface area contributed by atoms with E-state index in [9.17, 15) is 18.3 Å². The molecule has 0 aliphatic carbocycles. The molecule has 16 heavy (non-hydrogen) atoms. The fourth-order valence-electron chi connectivity index (χ4n) is 1.20. The van der Waals surface area contributed by atoms with E-state index in [-0.39, 0.29) is 5.56 Å². The lowest BCUT2D eigenvalue weighted by molar-refractivity contribution is -0.235. The van der Waals surface area contributed by atoms with Gasteiger partial charge in [-0.2, -0.15) is 18.4 Å². The van der Waals surface area contributed by atoms with E-state index in [1.807, 2.05) is 0 Å². The SMILES string of the molecule is Cc1ccc(CC(O)(C#N)C(F)(F)F)cc1. The van der Waals surface area contributed by atoms with Crippen LogP contribution < -0.4 is 0 Å². The summed E-state index contributed by atoms with van der Waals surface area (Å²) in [6.45, 7) is 1.80. The molecule has 1 aromatic carbocycles. The topological polar surface area (TPSA) is 44.0 Å². The van der Waals surface area contributed by atoms with Crippen LogP contribution in [-0.4, -0.2) is 16.9 Å². The number of halogens is 3. The number of alkyl halides is 3. The normalized spacial score (nSPS) is 15.2. The molecule has 0 aliphatic heterocycles. The highest BCUT2D eigenvalue weighted by Gasteiger charge is 2.54. The molecule has 5 heteroatoms. The van der Waals surface area contributed by atoms with Gasteiger partial charge in [0, 0.05) is 6.42 Å². The molecule has 0 aromatic heterocycles. The van der Waals surface area contributed by atoms with Crippen molar-refractivity contribution in [1.29, 1.82) is 5.26 Å². The van der Waals surface area contributed by atoms with Gasteiger partial charge in [0.05, 0.1) is 0 Å². The van der Waals surface area contributed by atoms with Crippen molar-refractivity contribution in [1.82, 2.24) is 0 Å². The van der Waals surface area contributed by atoms with E-state index in [0.29, 0.717) is 0 Å². The Hall–Kier alpha value is -1.54. The predicted molar refractivity (Wildman–Crippen MR) is 51.5 cm³/mol. The van der Waals surface area contributed by atoms with Crippen LogP contribution in [0.25, 0.3) is 0 Å². The Morgan fingerprint density at radius 1 is 1.25 bits per heavy atom. The van der Waals surface area contributed by atoms with Gasteiger partial charge in [0.15, 0.2) is 0 Å². The van der Waals surface area contributed by atoms with Gasteiger partial charge in [0.25, 0.3) is 5.60 Å². The van der Waals surface area contributed by atoms with Crippen LogP contribution in [0.3, 0.4) is 0 Å². The molecule has 0 aliphatic rings. The Kier molecular flexibility index (Phi) is 3.24. The molecule has 86 valence electrons. The number of rotatable bonds is 2. The van der Waals surface area contributed by atoms with Gasteiger partial charge in [-0.25, -0.2) is 0 Å². The van der Waals surface area contributed by atoms with Crippen LogP contribution in [0, 0.1) is 18.3 Å². The van der Waals surface area contributed by atoms with Crippen molar-refractivity contribution in [3.63, 3.8) is 0 Å². The van der Waals surface area contributed by atoms with Crippen molar-refractivity contribution in [3.05, 3.63) is 35.4 Å². The summed E-state index contributed by atoms with van der Waals surface area (Å²) in [6.07, 6.45) is -5.71. The quantitative estimate of drug-likeness (QED) is 0.791. The molecule has 0 bridgehead atoms. The van der Waals surface area contributed by atoms with Crippen molar-refractivity contribution < 1.29 is 18.3 Å². The molecule has 1 rings (SSSR count). The second-order valence-corrected chi connectivity index (χ2v) is 3.63. The zero-order valence-corrected chi connectivity index (χ0v) is 8.54.